The van der Waals surface area contributed by atoms with E-state index in [-0.39, 0.29) is 23.8 Å². The van der Waals surface area contributed by atoms with E-state index in [9.17, 15) is 13.6 Å². The highest BCUT2D eigenvalue weighted by atomic mass is 19.1. The number of nitrogens with one attached hydrogen (secondary N) is 2. The van der Waals surface area contributed by atoms with E-state index >= 15 is 0 Å². The third-order valence-corrected chi connectivity index (χ3v) is 3.77. The van der Waals surface area contributed by atoms with E-state index in [1.165, 1.54) is 12.1 Å². The molecule has 0 bridgehead atoms. The van der Waals surface area contributed by atoms with Crippen LogP contribution in [0.25, 0.3) is 0 Å². The van der Waals surface area contributed by atoms with E-state index < -0.39 is 11.6 Å². The number of benzene rings is 1. The SMILES string of the molecule is O=C1CCCC2NNC(c3cc(F)cc(F)c3)C12. The van der Waals surface area contributed by atoms with Crippen LogP contribution in [0.3, 0.4) is 0 Å². The predicted molar refractivity (Wildman–Crippen MR) is 61.5 cm³/mol. The van der Waals surface area contributed by atoms with Gasteiger partial charge < -0.3 is 0 Å². The van der Waals surface area contributed by atoms with Crippen LogP contribution in [0.5, 0.6) is 0 Å². The minimum Gasteiger partial charge on any atom is -0.299 e. The summed E-state index contributed by atoms with van der Waals surface area (Å²) >= 11 is 0. The summed E-state index contributed by atoms with van der Waals surface area (Å²) in [5.74, 6) is -1.28. The molecule has 0 spiro atoms. The number of rotatable bonds is 1. The molecule has 0 aromatic heterocycles. The first-order chi connectivity index (χ1) is 8.65. The van der Waals surface area contributed by atoms with E-state index in [0.717, 1.165) is 18.9 Å². The lowest BCUT2D eigenvalue weighted by molar-refractivity contribution is -0.125. The third-order valence-electron chi connectivity index (χ3n) is 3.77. The molecule has 96 valence electrons. The highest BCUT2D eigenvalue weighted by Crippen LogP contribution is 2.36. The molecule has 0 radical (unpaired) electrons. The summed E-state index contributed by atoms with van der Waals surface area (Å²) in [5.41, 5.74) is 6.54. The van der Waals surface area contributed by atoms with Crippen LogP contribution >= 0.6 is 0 Å². The molecule has 1 aliphatic carbocycles. The van der Waals surface area contributed by atoms with Gasteiger partial charge in [-0.2, -0.15) is 0 Å². The van der Waals surface area contributed by atoms with Crippen molar-refractivity contribution in [3.05, 3.63) is 35.4 Å². The number of halogens is 2. The normalized spacial score (nSPS) is 31.4. The van der Waals surface area contributed by atoms with Crippen LogP contribution in [0.1, 0.15) is 30.9 Å². The van der Waals surface area contributed by atoms with Gasteiger partial charge in [-0.25, -0.2) is 14.2 Å². The van der Waals surface area contributed by atoms with Gasteiger partial charge in [0.05, 0.1) is 12.0 Å². The zero-order chi connectivity index (χ0) is 12.7. The van der Waals surface area contributed by atoms with Gasteiger partial charge >= 0.3 is 0 Å². The van der Waals surface area contributed by atoms with E-state index in [1.54, 1.807) is 0 Å². The number of fused-ring (bicyclic) bond motifs is 1. The molecular weight excluding hydrogens is 238 g/mol. The average Bonchev–Trinajstić information content (AvgIpc) is 2.73. The van der Waals surface area contributed by atoms with Crippen molar-refractivity contribution in [1.29, 1.82) is 0 Å². The molecular formula is C13H14F2N2O. The molecule has 5 heteroatoms. The van der Waals surface area contributed by atoms with Crippen LogP contribution in [0.4, 0.5) is 8.78 Å². The van der Waals surface area contributed by atoms with Crippen molar-refractivity contribution in [1.82, 2.24) is 10.9 Å². The minimum absolute atomic E-state index is 0.0718. The number of carbonyl (C=O) groups excluding carboxylic acids is 1. The smallest absolute Gasteiger partial charge is 0.139 e. The Morgan fingerprint density at radius 3 is 2.56 bits per heavy atom. The standard InChI is InChI=1S/C13H14F2N2O/c14-8-4-7(5-9(15)6-8)13-12-10(16-17-13)2-1-3-11(12)18/h4-6,10,12-13,16-17H,1-3H2. The van der Waals surface area contributed by atoms with Gasteiger partial charge in [-0.1, -0.05) is 0 Å². The fourth-order valence-electron chi connectivity index (χ4n) is 2.98. The van der Waals surface area contributed by atoms with E-state index in [1.807, 2.05) is 0 Å². The molecule has 3 atom stereocenters. The molecule has 1 aromatic rings. The van der Waals surface area contributed by atoms with Crippen molar-refractivity contribution < 1.29 is 13.6 Å². The summed E-state index contributed by atoms with van der Waals surface area (Å²) in [6, 6.07) is 3.14. The molecule has 3 unspecified atom stereocenters. The Bertz CT molecular complexity index is 472. The summed E-state index contributed by atoms with van der Waals surface area (Å²) in [7, 11) is 0. The van der Waals surface area contributed by atoms with Gasteiger partial charge in [0, 0.05) is 18.5 Å². The van der Waals surface area contributed by atoms with Crippen molar-refractivity contribution in [2.45, 2.75) is 31.3 Å². The number of hydrogen-bond donors (Lipinski definition) is 2. The Balaban J connectivity index is 1.94. The van der Waals surface area contributed by atoms with Crippen LogP contribution in [0, 0.1) is 17.6 Å². The first kappa shape index (κ1) is 11.7. The number of ketones is 1. The van der Waals surface area contributed by atoms with Gasteiger partial charge in [-0.15, -0.1) is 0 Å². The molecule has 1 heterocycles. The highest BCUT2D eigenvalue weighted by molar-refractivity contribution is 5.83. The van der Waals surface area contributed by atoms with Crippen molar-refractivity contribution >= 4 is 5.78 Å². The first-order valence-electron chi connectivity index (χ1n) is 6.15. The topological polar surface area (TPSA) is 41.1 Å². The van der Waals surface area contributed by atoms with Crippen LogP contribution in [0.15, 0.2) is 18.2 Å². The molecule has 2 aliphatic rings. The highest BCUT2D eigenvalue weighted by Gasteiger charge is 2.43. The number of carbonyl (C=O) groups is 1. The largest absolute Gasteiger partial charge is 0.299 e. The van der Waals surface area contributed by atoms with Crippen LogP contribution in [-0.4, -0.2) is 11.8 Å². The summed E-state index contributed by atoms with van der Waals surface area (Å²) in [5, 5.41) is 0. The summed E-state index contributed by atoms with van der Waals surface area (Å²) in [6.07, 6.45) is 2.34. The Morgan fingerprint density at radius 2 is 1.83 bits per heavy atom. The first-order valence-corrected chi connectivity index (χ1v) is 6.15. The van der Waals surface area contributed by atoms with E-state index in [0.29, 0.717) is 12.0 Å². The Labute approximate surface area is 104 Å². The second kappa shape index (κ2) is 4.40. The van der Waals surface area contributed by atoms with Crippen molar-refractivity contribution in [2.24, 2.45) is 5.92 Å². The molecule has 3 nitrogen and oxygen atoms in total. The second-order valence-corrected chi connectivity index (χ2v) is 4.96. The Morgan fingerprint density at radius 1 is 1.11 bits per heavy atom. The lowest BCUT2D eigenvalue weighted by atomic mass is 9.78. The zero-order valence-corrected chi connectivity index (χ0v) is 9.75. The van der Waals surface area contributed by atoms with Crippen molar-refractivity contribution in [3.8, 4) is 0 Å². The average molecular weight is 252 g/mol. The van der Waals surface area contributed by atoms with Gasteiger partial charge in [0.15, 0.2) is 0 Å². The molecule has 1 aliphatic heterocycles. The van der Waals surface area contributed by atoms with Gasteiger partial charge in [-0.3, -0.25) is 10.2 Å². The fraction of sp³-hybridized carbons (Fsp3) is 0.462. The molecule has 2 fully saturated rings. The monoisotopic (exact) mass is 252 g/mol. The Hall–Kier alpha value is -1.33. The Kier molecular flexibility index (Phi) is 2.87. The summed E-state index contributed by atoms with van der Waals surface area (Å²) < 4.78 is 26.5. The zero-order valence-electron chi connectivity index (χ0n) is 9.75. The van der Waals surface area contributed by atoms with Crippen LogP contribution in [-0.2, 0) is 4.79 Å². The lowest BCUT2D eigenvalue weighted by Crippen LogP contribution is -2.36. The molecule has 18 heavy (non-hydrogen) atoms. The summed E-state index contributed by atoms with van der Waals surface area (Å²) in [4.78, 5) is 12.0. The second-order valence-electron chi connectivity index (χ2n) is 4.96. The maximum atomic E-state index is 13.2. The molecule has 1 saturated carbocycles. The van der Waals surface area contributed by atoms with Gasteiger partial charge in [0.25, 0.3) is 0 Å². The van der Waals surface area contributed by atoms with Crippen molar-refractivity contribution in [3.63, 3.8) is 0 Å². The molecule has 1 saturated heterocycles. The summed E-state index contributed by atoms with van der Waals surface area (Å²) in [6.45, 7) is 0. The number of hydrazine groups is 1. The predicted octanol–water partition coefficient (Wildman–Crippen LogP) is 1.85. The molecule has 2 N–H and O–H groups in total. The van der Waals surface area contributed by atoms with Gasteiger partial charge in [-0.05, 0) is 30.5 Å². The van der Waals surface area contributed by atoms with Crippen molar-refractivity contribution in [2.75, 3.05) is 0 Å². The lowest BCUT2D eigenvalue weighted by Gasteiger charge is -2.26. The maximum Gasteiger partial charge on any atom is 0.139 e. The number of hydrogen-bond acceptors (Lipinski definition) is 3. The minimum atomic E-state index is -0.612. The van der Waals surface area contributed by atoms with E-state index in [4.69, 9.17) is 0 Å². The number of Topliss-reactive ketones (excluding diaryl/α,β-unsaturated/α-hetero) is 1. The van der Waals surface area contributed by atoms with Gasteiger partial charge in [0.1, 0.15) is 17.4 Å². The molecule has 1 aromatic carbocycles. The fourth-order valence-corrected chi connectivity index (χ4v) is 2.98. The van der Waals surface area contributed by atoms with E-state index in [2.05, 4.69) is 10.9 Å². The third kappa shape index (κ3) is 1.93. The van der Waals surface area contributed by atoms with Crippen LogP contribution < -0.4 is 10.9 Å². The quantitative estimate of drug-likeness (QED) is 0.801. The maximum absolute atomic E-state index is 13.2. The molecule has 3 rings (SSSR count). The van der Waals surface area contributed by atoms with Gasteiger partial charge in [0.2, 0.25) is 0 Å². The van der Waals surface area contributed by atoms with Crippen LogP contribution in [0.2, 0.25) is 0 Å². The molecule has 0 amide bonds.